The van der Waals surface area contributed by atoms with Crippen LogP contribution in [0.2, 0.25) is 0 Å². The molecule has 0 aromatic rings. The lowest BCUT2D eigenvalue weighted by Crippen LogP contribution is -2.49. The molecule has 4 nitrogen and oxygen atoms in total. The normalized spacial score (nSPS) is 22.6. The molecule has 0 unspecified atom stereocenters. The second-order valence-electron chi connectivity index (χ2n) is 7.49. The molecule has 0 aromatic heterocycles. The minimum absolute atomic E-state index is 0.148. The fourth-order valence-corrected chi connectivity index (χ4v) is 3.49. The van der Waals surface area contributed by atoms with Crippen molar-refractivity contribution in [1.29, 1.82) is 0 Å². The van der Waals surface area contributed by atoms with Crippen molar-refractivity contribution in [2.75, 3.05) is 13.1 Å². The van der Waals surface area contributed by atoms with E-state index in [1.54, 1.807) is 0 Å². The highest BCUT2D eigenvalue weighted by molar-refractivity contribution is 5.82. The first kappa shape index (κ1) is 16.3. The third kappa shape index (κ3) is 4.21. The summed E-state index contributed by atoms with van der Waals surface area (Å²) in [6.07, 6.45) is 6.81. The van der Waals surface area contributed by atoms with Gasteiger partial charge in [0, 0.05) is 31.0 Å². The van der Waals surface area contributed by atoms with Gasteiger partial charge in [-0.25, -0.2) is 0 Å². The Balaban J connectivity index is 1.76. The lowest BCUT2D eigenvalue weighted by Gasteiger charge is -2.34. The van der Waals surface area contributed by atoms with Crippen LogP contribution in [0.4, 0.5) is 0 Å². The maximum absolute atomic E-state index is 12.4. The molecular formula is C17H30N2O2. The van der Waals surface area contributed by atoms with Crippen LogP contribution in [0.5, 0.6) is 0 Å². The van der Waals surface area contributed by atoms with Gasteiger partial charge in [0.2, 0.25) is 11.8 Å². The van der Waals surface area contributed by atoms with Crippen molar-refractivity contribution in [3.8, 4) is 0 Å². The molecule has 4 heteroatoms. The van der Waals surface area contributed by atoms with Gasteiger partial charge in [-0.05, 0) is 31.6 Å². The quantitative estimate of drug-likeness (QED) is 0.866. The first-order chi connectivity index (χ1) is 9.90. The Morgan fingerprint density at radius 1 is 1.19 bits per heavy atom. The topological polar surface area (TPSA) is 49.4 Å². The van der Waals surface area contributed by atoms with Crippen LogP contribution in [-0.4, -0.2) is 35.8 Å². The highest BCUT2D eigenvalue weighted by Crippen LogP contribution is 2.37. The SMILES string of the molecule is CC(C)CC(=O)N1CCC(NC(=O)C2(C)CCCC2)CC1. The van der Waals surface area contributed by atoms with E-state index in [0.29, 0.717) is 12.3 Å². The van der Waals surface area contributed by atoms with Crippen LogP contribution < -0.4 is 5.32 Å². The van der Waals surface area contributed by atoms with Gasteiger partial charge in [-0.15, -0.1) is 0 Å². The fourth-order valence-electron chi connectivity index (χ4n) is 3.49. The number of carbonyl (C=O) groups excluding carboxylic acids is 2. The molecule has 0 atom stereocenters. The molecule has 120 valence electrons. The minimum atomic E-state index is -0.148. The summed E-state index contributed by atoms with van der Waals surface area (Å²) in [7, 11) is 0. The van der Waals surface area contributed by atoms with Crippen LogP contribution in [0.25, 0.3) is 0 Å². The number of piperidine rings is 1. The van der Waals surface area contributed by atoms with E-state index in [0.717, 1.165) is 38.8 Å². The largest absolute Gasteiger partial charge is 0.353 e. The molecule has 2 rings (SSSR count). The Morgan fingerprint density at radius 3 is 2.29 bits per heavy atom. The molecule has 1 N–H and O–H groups in total. The van der Waals surface area contributed by atoms with E-state index in [4.69, 9.17) is 0 Å². The number of carbonyl (C=O) groups is 2. The van der Waals surface area contributed by atoms with Crippen molar-refractivity contribution in [1.82, 2.24) is 10.2 Å². The van der Waals surface area contributed by atoms with Gasteiger partial charge in [0.1, 0.15) is 0 Å². The molecule has 0 aromatic carbocycles. The first-order valence-corrected chi connectivity index (χ1v) is 8.49. The number of likely N-dealkylation sites (tertiary alicyclic amines) is 1. The minimum Gasteiger partial charge on any atom is -0.353 e. The molecule has 1 aliphatic carbocycles. The third-order valence-electron chi connectivity index (χ3n) is 5.02. The maximum Gasteiger partial charge on any atom is 0.226 e. The third-order valence-corrected chi connectivity index (χ3v) is 5.02. The lowest BCUT2D eigenvalue weighted by atomic mass is 9.87. The van der Waals surface area contributed by atoms with Gasteiger partial charge in [0.15, 0.2) is 0 Å². The zero-order valence-electron chi connectivity index (χ0n) is 13.8. The number of amides is 2. The molecule has 0 spiro atoms. The van der Waals surface area contributed by atoms with E-state index >= 15 is 0 Å². The molecule has 21 heavy (non-hydrogen) atoms. The number of hydrogen-bond acceptors (Lipinski definition) is 2. The van der Waals surface area contributed by atoms with Gasteiger partial charge in [0.25, 0.3) is 0 Å². The monoisotopic (exact) mass is 294 g/mol. The highest BCUT2D eigenvalue weighted by Gasteiger charge is 2.37. The second kappa shape index (κ2) is 6.80. The Bertz CT molecular complexity index is 378. The van der Waals surface area contributed by atoms with Crippen LogP contribution in [0.3, 0.4) is 0 Å². The average molecular weight is 294 g/mol. The lowest BCUT2D eigenvalue weighted by molar-refractivity contribution is -0.133. The van der Waals surface area contributed by atoms with Crippen molar-refractivity contribution in [2.24, 2.45) is 11.3 Å². The van der Waals surface area contributed by atoms with Crippen LogP contribution >= 0.6 is 0 Å². The summed E-state index contributed by atoms with van der Waals surface area (Å²) < 4.78 is 0. The summed E-state index contributed by atoms with van der Waals surface area (Å²) in [5, 5.41) is 3.22. The van der Waals surface area contributed by atoms with Gasteiger partial charge < -0.3 is 10.2 Å². The Morgan fingerprint density at radius 2 is 1.76 bits per heavy atom. The van der Waals surface area contributed by atoms with Crippen LogP contribution in [-0.2, 0) is 9.59 Å². The van der Waals surface area contributed by atoms with E-state index < -0.39 is 0 Å². The predicted molar refractivity (Wildman–Crippen MR) is 83.8 cm³/mol. The number of nitrogens with one attached hydrogen (secondary N) is 1. The molecule has 1 aliphatic heterocycles. The van der Waals surface area contributed by atoms with Gasteiger partial charge in [-0.2, -0.15) is 0 Å². The summed E-state index contributed by atoms with van der Waals surface area (Å²) in [6.45, 7) is 7.82. The van der Waals surface area contributed by atoms with Crippen molar-refractivity contribution >= 4 is 11.8 Å². The molecule has 2 fully saturated rings. The van der Waals surface area contributed by atoms with E-state index in [9.17, 15) is 9.59 Å². The van der Waals surface area contributed by atoms with Crippen molar-refractivity contribution < 1.29 is 9.59 Å². The molecule has 2 aliphatic rings. The van der Waals surface area contributed by atoms with Crippen LogP contribution in [0, 0.1) is 11.3 Å². The molecule has 0 radical (unpaired) electrons. The summed E-state index contributed by atoms with van der Waals surface area (Å²) in [5.41, 5.74) is -0.148. The van der Waals surface area contributed by atoms with Crippen LogP contribution in [0.15, 0.2) is 0 Å². The van der Waals surface area contributed by atoms with E-state index in [1.165, 1.54) is 12.8 Å². The number of rotatable bonds is 4. The van der Waals surface area contributed by atoms with Crippen molar-refractivity contribution in [2.45, 2.75) is 71.8 Å². The second-order valence-corrected chi connectivity index (χ2v) is 7.49. The Hall–Kier alpha value is -1.06. The molecular weight excluding hydrogens is 264 g/mol. The first-order valence-electron chi connectivity index (χ1n) is 8.49. The summed E-state index contributed by atoms with van der Waals surface area (Å²) in [4.78, 5) is 26.4. The molecule has 2 amide bonds. The van der Waals surface area contributed by atoms with Crippen molar-refractivity contribution in [3.05, 3.63) is 0 Å². The summed E-state index contributed by atoms with van der Waals surface area (Å²) >= 11 is 0. The van der Waals surface area contributed by atoms with Crippen molar-refractivity contribution in [3.63, 3.8) is 0 Å². The zero-order valence-corrected chi connectivity index (χ0v) is 13.8. The average Bonchev–Trinajstić information content (AvgIpc) is 2.87. The number of hydrogen-bond donors (Lipinski definition) is 1. The summed E-state index contributed by atoms with van der Waals surface area (Å²) in [5.74, 6) is 0.904. The van der Waals surface area contributed by atoms with Gasteiger partial charge in [0.05, 0.1) is 0 Å². The Kier molecular flexibility index (Phi) is 5.28. The molecule has 1 saturated carbocycles. The predicted octanol–water partition coefficient (Wildman–Crippen LogP) is 2.72. The maximum atomic E-state index is 12.4. The number of nitrogens with zero attached hydrogens (tertiary/aromatic N) is 1. The summed E-state index contributed by atoms with van der Waals surface area (Å²) in [6, 6.07) is 0.248. The smallest absolute Gasteiger partial charge is 0.226 e. The highest BCUT2D eigenvalue weighted by atomic mass is 16.2. The fraction of sp³-hybridized carbons (Fsp3) is 0.882. The zero-order chi connectivity index (χ0) is 15.5. The van der Waals surface area contributed by atoms with E-state index in [2.05, 4.69) is 26.1 Å². The Labute approximate surface area is 128 Å². The molecule has 1 heterocycles. The van der Waals surface area contributed by atoms with Gasteiger partial charge in [-0.3, -0.25) is 9.59 Å². The molecule has 1 saturated heterocycles. The molecule has 0 bridgehead atoms. The van der Waals surface area contributed by atoms with E-state index in [-0.39, 0.29) is 23.3 Å². The standard InChI is InChI=1S/C17H30N2O2/c1-13(2)12-15(20)19-10-6-14(7-11-19)18-16(21)17(3)8-4-5-9-17/h13-14H,4-12H2,1-3H3,(H,18,21). The van der Waals surface area contributed by atoms with Gasteiger partial charge >= 0.3 is 0 Å². The van der Waals surface area contributed by atoms with Crippen LogP contribution in [0.1, 0.15) is 65.7 Å². The van der Waals surface area contributed by atoms with E-state index in [1.807, 2.05) is 4.90 Å². The van der Waals surface area contributed by atoms with Gasteiger partial charge in [-0.1, -0.05) is 33.6 Å².